The van der Waals surface area contributed by atoms with Crippen molar-refractivity contribution in [1.29, 1.82) is 0 Å². The number of hydrogen-bond donors (Lipinski definition) is 2. The summed E-state index contributed by atoms with van der Waals surface area (Å²) in [5.41, 5.74) is 4.64. The minimum Gasteiger partial charge on any atom is -0.481 e. The number of carboxylic acids is 1. The number of amides is 1. The molecule has 1 atom stereocenters. The summed E-state index contributed by atoms with van der Waals surface area (Å²) < 4.78 is 13.8. The molecule has 0 fully saturated rings. The highest BCUT2D eigenvalue weighted by Gasteiger charge is 2.35. The minimum atomic E-state index is -0.941. The Morgan fingerprint density at radius 2 is 1.82 bits per heavy atom. The van der Waals surface area contributed by atoms with Gasteiger partial charge in [0.2, 0.25) is 5.91 Å². The second-order valence-corrected chi connectivity index (χ2v) is 8.64. The largest absolute Gasteiger partial charge is 0.481 e. The number of carbonyl (C=O) groups excluding carboxylic acids is 1. The summed E-state index contributed by atoms with van der Waals surface area (Å²) in [6.45, 7) is 0.930. The Kier molecular flexibility index (Phi) is 6.84. The third-order valence-corrected chi connectivity index (χ3v) is 5.73. The first-order chi connectivity index (χ1) is 16.3. The molecule has 174 valence electrons. The van der Waals surface area contributed by atoms with Gasteiger partial charge in [-0.3, -0.25) is 14.6 Å². The van der Waals surface area contributed by atoms with Crippen molar-refractivity contribution < 1.29 is 19.1 Å². The molecule has 7 heteroatoms. The van der Waals surface area contributed by atoms with E-state index in [-0.39, 0.29) is 12.3 Å². The molecule has 6 nitrogen and oxygen atoms in total. The van der Waals surface area contributed by atoms with Crippen molar-refractivity contribution in [2.24, 2.45) is 4.99 Å². The van der Waals surface area contributed by atoms with Crippen molar-refractivity contribution in [3.63, 3.8) is 0 Å². The summed E-state index contributed by atoms with van der Waals surface area (Å²) >= 11 is 0. The molecule has 1 amide bonds. The number of carboxylic acid groups (broad SMARTS) is 1. The van der Waals surface area contributed by atoms with Crippen molar-refractivity contribution in [2.75, 3.05) is 26.0 Å². The lowest BCUT2D eigenvalue weighted by molar-refractivity contribution is -0.136. The number of carbonyl (C=O) groups is 2. The molecule has 0 aliphatic carbocycles. The Balaban J connectivity index is 1.77. The molecule has 1 aliphatic heterocycles. The second kappa shape index (κ2) is 9.97. The molecule has 0 spiro atoms. The Morgan fingerprint density at radius 1 is 1.06 bits per heavy atom. The summed E-state index contributed by atoms with van der Waals surface area (Å²) in [6, 6.07) is 19.1. The highest BCUT2D eigenvalue weighted by molar-refractivity contribution is 6.24. The van der Waals surface area contributed by atoms with E-state index in [1.165, 1.54) is 17.7 Å². The van der Waals surface area contributed by atoms with Gasteiger partial charge in [0, 0.05) is 12.2 Å². The quantitative estimate of drug-likeness (QED) is 0.489. The molecular formula is C27H26FN3O3. The lowest BCUT2D eigenvalue weighted by Gasteiger charge is -2.15. The molecule has 3 aromatic carbocycles. The van der Waals surface area contributed by atoms with Crippen LogP contribution in [0.2, 0.25) is 0 Å². The molecular weight excluding hydrogens is 433 g/mol. The lowest BCUT2D eigenvalue weighted by Crippen LogP contribution is -2.22. The molecule has 1 unspecified atom stereocenters. The number of hydrogen-bond acceptors (Lipinski definition) is 4. The molecule has 1 heterocycles. The fourth-order valence-corrected chi connectivity index (χ4v) is 4.05. The maximum Gasteiger partial charge on any atom is 0.307 e. The zero-order chi connectivity index (χ0) is 24.2. The van der Waals surface area contributed by atoms with Crippen LogP contribution in [0.15, 0.2) is 71.7 Å². The first-order valence-corrected chi connectivity index (χ1v) is 11.0. The van der Waals surface area contributed by atoms with E-state index < -0.39 is 17.7 Å². The van der Waals surface area contributed by atoms with E-state index in [1.807, 2.05) is 44.4 Å². The highest BCUT2D eigenvalue weighted by atomic mass is 19.1. The lowest BCUT2D eigenvalue weighted by atomic mass is 9.89. The van der Waals surface area contributed by atoms with Gasteiger partial charge >= 0.3 is 5.97 Å². The molecule has 0 bridgehead atoms. The predicted molar refractivity (Wildman–Crippen MR) is 130 cm³/mol. The SMILES string of the molecule is CN(C)CCc1ccc(N=C(c2cccc(CC(=O)O)c2)C2C(=O)Nc3cc(F)ccc32)cc1. The van der Waals surface area contributed by atoms with Gasteiger partial charge in [-0.15, -0.1) is 0 Å². The molecule has 3 aromatic rings. The van der Waals surface area contributed by atoms with E-state index in [2.05, 4.69) is 10.2 Å². The molecule has 34 heavy (non-hydrogen) atoms. The number of nitrogens with zero attached hydrogens (tertiary/aromatic N) is 2. The van der Waals surface area contributed by atoms with Crippen LogP contribution in [0.5, 0.6) is 0 Å². The molecule has 0 radical (unpaired) electrons. The van der Waals surface area contributed by atoms with Crippen LogP contribution in [0.4, 0.5) is 15.8 Å². The van der Waals surface area contributed by atoms with E-state index >= 15 is 0 Å². The monoisotopic (exact) mass is 459 g/mol. The fraction of sp³-hybridized carbons (Fsp3) is 0.222. The Bertz CT molecular complexity index is 1250. The molecule has 1 aliphatic rings. The van der Waals surface area contributed by atoms with Gasteiger partial charge in [-0.25, -0.2) is 4.39 Å². The first-order valence-electron chi connectivity index (χ1n) is 11.0. The van der Waals surface area contributed by atoms with Crippen LogP contribution in [0.1, 0.15) is 28.2 Å². The minimum absolute atomic E-state index is 0.139. The molecule has 0 aromatic heterocycles. The first kappa shape index (κ1) is 23.3. The maximum absolute atomic E-state index is 13.8. The Labute approximate surface area is 197 Å². The number of likely N-dealkylation sites (N-methyl/N-ethyl adjacent to an activating group) is 1. The summed E-state index contributed by atoms with van der Waals surface area (Å²) in [5, 5.41) is 12.0. The molecule has 0 saturated heterocycles. The Hall–Kier alpha value is -3.84. The van der Waals surface area contributed by atoms with Crippen LogP contribution in [-0.4, -0.2) is 48.2 Å². The number of rotatable bonds is 8. The average Bonchev–Trinajstić information content (AvgIpc) is 3.11. The van der Waals surface area contributed by atoms with Crippen molar-refractivity contribution in [2.45, 2.75) is 18.8 Å². The Morgan fingerprint density at radius 3 is 2.53 bits per heavy atom. The summed E-state index contributed by atoms with van der Waals surface area (Å²) in [7, 11) is 4.06. The van der Waals surface area contributed by atoms with Crippen LogP contribution in [0, 0.1) is 5.82 Å². The molecule has 0 saturated carbocycles. The van der Waals surface area contributed by atoms with E-state index in [0.717, 1.165) is 13.0 Å². The number of aliphatic carboxylic acids is 1. The highest BCUT2D eigenvalue weighted by Crippen LogP contribution is 2.37. The van der Waals surface area contributed by atoms with E-state index in [0.29, 0.717) is 33.8 Å². The zero-order valence-electron chi connectivity index (χ0n) is 19.1. The summed E-state index contributed by atoms with van der Waals surface area (Å²) in [6.07, 6.45) is 0.769. The van der Waals surface area contributed by atoms with Crippen LogP contribution in [-0.2, 0) is 22.4 Å². The van der Waals surface area contributed by atoms with Gasteiger partial charge in [-0.2, -0.15) is 0 Å². The van der Waals surface area contributed by atoms with Gasteiger partial charge in [-0.05, 0) is 73.1 Å². The van der Waals surface area contributed by atoms with Crippen LogP contribution in [0.25, 0.3) is 0 Å². The van der Waals surface area contributed by atoms with Gasteiger partial charge in [0.15, 0.2) is 0 Å². The summed E-state index contributed by atoms with van der Waals surface area (Å²) in [5.74, 6) is -2.42. The number of fused-ring (bicyclic) bond motifs is 1. The number of benzene rings is 3. The van der Waals surface area contributed by atoms with Gasteiger partial charge in [0.25, 0.3) is 0 Å². The third kappa shape index (κ3) is 5.38. The van der Waals surface area contributed by atoms with Crippen LogP contribution >= 0.6 is 0 Å². The van der Waals surface area contributed by atoms with Gasteiger partial charge in [0.1, 0.15) is 11.7 Å². The van der Waals surface area contributed by atoms with E-state index in [4.69, 9.17) is 4.99 Å². The maximum atomic E-state index is 13.8. The smallest absolute Gasteiger partial charge is 0.307 e. The van der Waals surface area contributed by atoms with Crippen molar-refractivity contribution >= 4 is 29.0 Å². The number of anilines is 1. The topological polar surface area (TPSA) is 82.0 Å². The molecule has 2 N–H and O–H groups in total. The normalized spacial score (nSPS) is 15.4. The second-order valence-electron chi connectivity index (χ2n) is 8.64. The van der Waals surface area contributed by atoms with Gasteiger partial charge in [-0.1, -0.05) is 36.4 Å². The number of halogens is 1. The van der Waals surface area contributed by atoms with E-state index in [9.17, 15) is 19.1 Å². The van der Waals surface area contributed by atoms with Crippen molar-refractivity contribution in [1.82, 2.24) is 4.90 Å². The fourth-order valence-electron chi connectivity index (χ4n) is 4.05. The number of nitrogens with one attached hydrogen (secondary N) is 1. The standard InChI is InChI=1S/C27H26FN3O3/c1-31(2)13-12-17-6-9-21(10-7-17)29-26(19-5-3-4-18(14-19)15-24(32)33)25-22-11-8-20(28)16-23(22)30-27(25)34/h3-11,14,16,25H,12-13,15H2,1-2H3,(H,30,34)(H,32,33). The van der Waals surface area contributed by atoms with E-state index in [1.54, 1.807) is 24.3 Å². The van der Waals surface area contributed by atoms with Crippen LogP contribution in [0.3, 0.4) is 0 Å². The van der Waals surface area contributed by atoms with Crippen molar-refractivity contribution in [3.05, 3.63) is 94.8 Å². The van der Waals surface area contributed by atoms with Crippen molar-refractivity contribution in [3.8, 4) is 0 Å². The van der Waals surface area contributed by atoms with Gasteiger partial charge in [0.05, 0.1) is 17.8 Å². The van der Waals surface area contributed by atoms with Crippen LogP contribution < -0.4 is 5.32 Å². The predicted octanol–water partition coefficient (Wildman–Crippen LogP) is 4.41. The van der Waals surface area contributed by atoms with Gasteiger partial charge < -0.3 is 15.3 Å². The average molecular weight is 460 g/mol. The third-order valence-electron chi connectivity index (χ3n) is 5.73. The zero-order valence-corrected chi connectivity index (χ0v) is 19.1. The summed E-state index contributed by atoms with van der Waals surface area (Å²) in [4.78, 5) is 31.2. The number of aliphatic imine (C=N–C) groups is 1. The molecule has 4 rings (SSSR count).